The Balaban J connectivity index is 1.83. The highest BCUT2D eigenvalue weighted by atomic mass is 16.3. The lowest BCUT2D eigenvalue weighted by Gasteiger charge is -2.35. The average Bonchev–Trinajstić information content (AvgIpc) is 3.19. The number of aliphatic hydroxyl groups is 1. The van der Waals surface area contributed by atoms with E-state index in [1.807, 2.05) is 37.3 Å². The molecule has 2 bridgehead atoms. The molecule has 1 aromatic carbocycles. The summed E-state index contributed by atoms with van der Waals surface area (Å²) in [7, 11) is 0. The van der Waals surface area contributed by atoms with E-state index in [0.717, 1.165) is 19.3 Å². The van der Waals surface area contributed by atoms with Gasteiger partial charge in [-0.2, -0.15) is 0 Å². The summed E-state index contributed by atoms with van der Waals surface area (Å²) in [4.78, 5) is 27.2. The summed E-state index contributed by atoms with van der Waals surface area (Å²) in [5.74, 6) is 0.103. The molecule has 1 heterocycles. The molecular weight excluding hydrogens is 340 g/mol. The molecule has 0 aromatic heterocycles. The number of hydrazine groups is 1. The molecule has 5 nitrogen and oxygen atoms in total. The Labute approximate surface area is 160 Å². The van der Waals surface area contributed by atoms with Gasteiger partial charge in [0.25, 0.3) is 11.8 Å². The van der Waals surface area contributed by atoms with Gasteiger partial charge in [0.15, 0.2) is 0 Å². The lowest BCUT2D eigenvalue weighted by Crippen LogP contribution is -2.49. The SMILES string of the molecule is C=C(C(=O)N1[C@@H]2C[C@H]3CC[C@@]2(C(=O)N1c1ccccc1)C3(C)C)[C@@H](O)CC. The van der Waals surface area contributed by atoms with Gasteiger partial charge >= 0.3 is 0 Å². The third-order valence-electron chi connectivity index (χ3n) is 7.49. The largest absolute Gasteiger partial charge is 0.388 e. The van der Waals surface area contributed by atoms with Crippen LogP contribution in [0, 0.1) is 16.7 Å². The number of hydrogen-bond acceptors (Lipinski definition) is 3. The number of carbonyl (C=O) groups is 2. The molecule has 1 saturated heterocycles. The van der Waals surface area contributed by atoms with Gasteiger partial charge in [-0.15, -0.1) is 0 Å². The molecule has 0 unspecified atom stereocenters. The quantitative estimate of drug-likeness (QED) is 0.830. The maximum atomic E-state index is 13.8. The van der Waals surface area contributed by atoms with Crippen LogP contribution in [0.5, 0.6) is 0 Å². The maximum absolute atomic E-state index is 13.8. The van der Waals surface area contributed by atoms with Gasteiger partial charge in [0.05, 0.1) is 23.2 Å². The number of amides is 2. The fourth-order valence-electron chi connectivity index (χ4n) is 5.77. The molecule has 27 heavy (non-hydrogen) atoms. The van der Waals surface area contributed by atoms with E-state index < -0.39 is 11.5 Å². The molecule has 3 aliphatic rings. The summed E-state index contributed by atoms with van der Waals surface area (Å²) in [5.41, 5.74) is 0.142. The molecule has 1 N–H and O–H groups in total. The molecule has 4 rings (SSSR count). The van der Waals surface area contributed by atoms with Crippen LogP contribution >= 0.6 is 0 Å². The van der Waals surface area contributed by atoms with Crippen LogP contribution in [0.3, 0.4) is 0 Å². The van der Waals surface area contributed by atoms with E-state index in [-0.39, 0.29) is 28.8 Å². The highest BCUT2D eigenvalue weighted by Crippen LogP contribution is 2.70. The standard InChI is InChI=1S/C22H28N2O3/c1-5-17(25)14(2)19(26)24-18-13-15-11-12-22(18,21(15,3)4)20(27)23(24)16-9-7-6-8-10-16/h6-10,15,17-18,25H,2,5,11-13H2,1,3-4H3/t15-,17+,18-,22-/m1/s1. The summed E-state index contributed by atoms with van der Waals surface area (Å²) in [5, 5.41) is 13.4. The smallest absolute Gasteiger partial charge is 0.271 e. The van der Waals surface area contributed by atoms with Crippen LogP contribution in [0.25, 0.3) is 0 Å². The molecule has 2 aliphatic carbocycles. The first-order valence-electron chi connectivity index (χ1n) is 9.87. The Bertz CT molecular complexity index is 803. The second kappa shape index (κ2) is 5.93. The molecule has 2 saturated carbocycles. The van der Waals surface area contributed by atoms with Gasteiger partial charge < -0.3 is 5.11 Å². The minimum atomic E-state index is -0.895. The van der Waals surface area contributed by atoms with E-state index in [4.69, 9.17) is 0 Å². The predicted molar refractivity (Wildman–Crippen MR) is 104 cm³/mol. The average molecular weight is 368 g/mol. The molecule has 3 fully saturated rings. The predicted octanol–water partition coefficient (Wildman–Crippen LogP) is 3.30. The van der Waals surface area contributed by atoms with Gasteiger partial charge in [0.1, 0.15) is 0 Å². The molecule has 1 aromatic rings. The van der Waals surface area contributed by atoms with Crippen molar-refractivity contribution in [3.05, 3.63) is 42.5 Å². The van der Waals surface area contributed by atoms with Gasteiger partial charge in [0, 0.05) is 5.57 Å². The number of nitrogens with zero attached hydrogens (tertiary/aromatic N) is 2. The number of aliphatic hydroxyl groups excluding tert-OH is 1. The Morgan fingerprint density at radius 3 is 2.59 bits per heavy atom. The van der Waals surface area contributed by atoms with Crippen molar-refractivity contribution >= 4 is 17.5 Å². The fraction of sp³-hybridized carbons (Fsp3) is 0.545. The van der Waals surface area contributed by atoms with E-state index in [1.54, 1.807) is 10.0 Å². The zero-order chi connectivity index (χ0) is 19.6. The van der Waals surface area contributed by atoms with E-state index >= 15 is 0 Å². The highest BCUT2D eigenvalue weighted by molar-refractivity contribution is 6.08. The van der Waals surface area contributed by atoms with Crippen LogP contribution < -0.4 is 5.01 Å². The van der Waals surface area contributed by atoms with Gasteiger partial charge in [-0.25, -0.2) is 10.0 Å². The van der Waals surface area contributed by atoms with Gasteiger partial charge in [-0.05, 0) is 49.1 Å². The van der Waals surface area contributed by atoms with Crippen LogP contribution in [0.15, 0.2) is 42.5 Å². The number of fused-ring (bicyclic) bond motifs is 1. The zero-order valence-corrected chi connectivity index (χ0v) is 16.3. The minimum absolute atomic E-state index is 0.0100. The van der Waals surface area contributed by atoms with Crippen LogP contribution in [-0.2, 0) is 9.59 Å². The highest BCUT2D eigenvalue weighted by Gasteiger charge is 2.75. The molecule has 1 spiro atoms. The topological polar surface area (TPSA) is 60.9 Å². The molecule has 2 amide bonds. The zero-order valence-electron chi connectivity index (χ0n) is 16.3. The van der Waals surface area contributed by atoms with Crippen molar-refractivity contribution in [2.75, 3.05) is 5.01 Å². The fourth-order valence-corrected chi connectivity index (χ4v) is 5.77. The van der Waals surface area contributed by atoms with Gasteiger partial charge in [-0.3, -0.25) is 9.59 Å². The summed E-state index contributed by atoms with van der Waals surface area (Å²) < 4.78 is 0. The Kier molecular flexibility index (Phi) is 4.00. The lowest BCUT2D eigenvalue weighted by molar-refractivity contribution is -0.132. The second-order valence-corrected chi connectivity index (χ2v) is 8.73. The third-order valence-corrected chi connectivity index (χ3v) is 7.49. The Morgan fingerprint density at radius 2 is 2.00 bits per heavy atom. The first kappa shape index (κ1) is 18.2. The second-order valence-electron chi connectivity index (χ2n) is 8.73. The lowest BCUT2D eigenvalue weighted by atomic mass is 9.67. The summed E-state index contributed by atoms with van der Waals surface area (Å²) in [6.07, 6.45) is 2.18. The molecule has 144 valence electrons. The summed E-state index contributed by atoms with van der Waals surface area (Å²) >= 11 is 0. The number of rotatable bonds is 4. The summed E-state index contributed by atoms with van der Waals surface area (Å²) in [6, 6.07) is 9.17. The van der Waals surface area contributed by atoms with Crippen molar-refractivity contribution in [1.82, 2.24) is 5.01 Å². The first-order chi connectivity index (χ1) is 12.8. The van der Waals surface area contributed by atoms with Gasteiger partial charge in [-0.1, -0.05) is 45.5 Å². The monoisotopic (exact) mass is 368 g/mol. The number of hydrogen-bond donors (Lipinski definition) is 1. The van der Waals surface area contributed by atoms with Gasteiger partial charge in [0.2, 0.25) is 0 Å². The van der Waals surface area contributed by atoms with Crippen molar-refractivity contribution in [3.63, 3.8) is 0 Å². The number of anilines is 1. The van der Waals surface area contributed by atoms with E-state index in [2.05, 4.69) is 20.4 Å². The van der Waals surface area contributed by atoms with Crippen molar-refractivity contribution in [2.24, 2.45) is 16.7 Å². The van der Waals surface area contributed by atoms with Crippen LogP contribution in [0.2, 0.25) is 0 Å². The van der Waals surface area contributed by atoms with Crippen molar-refractivity contribution in [1.29, 1.82) is 0 Å². The Morgan fingerprint density at radius 1 is 1.33 bits per heavy atom. The maximum Gasteiger partial charge on any atom is 0.271 e. The first-order valence-corrected chi connectivity index (χ1v) is 9.87. The van der Waals surface area contributed by atoms with Crippen LogP contribution in [0.1, 0.15) is 46.5 Å². The molecule has 4 atom stereocenters. The minimum Gasteiger partial charge on any atom is -0.388 e. The van der Waals surface area contributed by atoms with E-state index in [0.29, 0.717) is 18.0 Å². The molecule has 0 radical (unpaired) electrons. The number of benzene rings is 1. The van der Waals surface area contributed by atoms with Crippen molar-refractivity contribution < 1.29 is 14.7 Å². The number of para-hydroxylation sites is 1. The summed E-state index contributed by atoms with van der Waals surface area (Å²) in [6.45, 7) is 10.0. The van der Waals surface area contributed by atoms with E-state index in [9.17, 15) is 14.7 Å². The Hall–Kier alpha value is -2.14. The molecule has 5 heteroatoms. The van der Waals surface area contributed by atoms with Crippen molar-refractivity contribution in [3.8, 4) is 0 Å². The third kappa shape index (κ3) is 2.15. The van der Waals surface area contributed by atoms with Crippen LogP contribution in [-0.4, -0.2) is 34.1 Å². The van der Waals surface area contributed by atoms with E-state index in [1.165, 1.54) is 0 Å². The van der Waals surface area contributed by atoms with Crippen molar-refractivity contribution in [2.45, 2.75) is 58.6 Å². The molecular formula is C22H28N2O3. The van der Waals surface area contributed by atoms with Crippen LogP contribution in [0.4, 0.5) is 5.69 Å². The molecule has 1 aliphatic heterocycles. The number of carbonyl (C=O) groups excluding carboxylic acids is 2. The normalized spacial score (nSPS) is 31.9.